The molecule has 4 nitrogen and oxygen atoms in total. The van der Waals surface area contributed by atoms with E-state index in [1.165, 1.54) is 0 Å². The predicted molar refractivity (Wildman–Crippen MR) is 99.4 cm³/mol. The molecule has 2 aromatic rings. The van der Waals surface area contributed by atoms with E-state index in [0.717, 1.165) is 16.1 Å². The molecule has 2 rings (SSSR count). The van der Waals surface area contributed by atoms with Crippen LogP contribution in [0.5, 0.6) is 11.5 Å². The largest absolute Gasteiger partial charge is 0.493 e. The molecule has 1 N–H and O–H groups in total. The number of amides is 1. The van der Waals surface area contributed by atoms with Gasteiger partial charge in [0.1, 0.15) is 0 Å². The number of carbonyl (C=O) groups excluding carboxylic acids is 1. The van der Waals surface area contributed by atoms with E-state index in [1.807, 2.05) is 62.6 Å². The van der Waals surface area contributed by atoms with Crippen molar-refractivity contribution < 1.29 is 14.3 Å². The summed E-state index contributed by atoms with van der Waals surface area (Å²) in [4.78, 5) is 13.9. The Morgan fingerprint density at radius 3 is 2.38 bits per heavy atom. The molecule has 5 heteroatoms. The van der Waals surface area contributed by atoms with Crippen LogP contribution in [0.4, 0.5) is 5.69 Å². The minimum absolute atomic E-state index is 0.0760. The molecule has 24 heavy (non-hydrogen) atoms. The zero-order chi connectivity index (χ0) is 17.7. The van der Waals surface area contributed by atoms with Gasteiger partial charge in [0, 0.05) is 10.6 Å². The van der Waals surface area contributed by atoms with E-state index in [4.69, 9.17) is 9.47 Å². The van der Waals surface area contributed by atoms with Gasteiger partial charge < -0.3 is 14.8 Å². The first-order valence-electron chi connectivity index (χ1n) is 7.60. The number of anilines is 1. The lowest BCUT2D eigenvalue weighted by molar-refractivity contribution is -0.120. The molecular weight excluding hydrogens is 322 g/mol. The van der Waals surface area contributed by atoms with Crippen LogP contribution in [0, 0.1) is 0 Å². The lowest BCUT2D eigenvalue weighted by Crippen LogP contribution is -2.34. The SMILES string of the molecule is COc1ccc(C(C)(C)C(=O)Nc2cccc(SC)c2)cc1OC. The second-order valence-corrected chi connectivity index (χ2v) is 6.76. The Morgan fingerprint density at radius 2 is 1.75 bits per heavy atom. The molecule has 0 aliphatic carbocycles. The smallest absolute Gasteiger partial charge is 0.234 e. The molecular formula is C19H23NO3S. The summed E-state index contributed by atoms with van der Waals surface area (Å²) in [6, 6.07) is 13.4. The molecule has 0 atom stereocenters. The fourth-order valence-electron chi connectivity index (χ4n) is 2.34. The third-order valence-corrected chi connectivity index (χ3v) is 4.73. The van der Waals surface area contributed by atoms with Crippen LogP contribution in [0.3, 0.4) is 0 Å². The van der Waals surface area contributed by atoms with Crippen molar-refractivity contribution in [3.63, 3.8) is 0 Å². The summed E-state index contributed by atoms with van der Waals surface area (Å²) >= 11 is 1.64. The highest BCUT2D eigenvalue weighted by Gasteiger charge is 2.30. The van der Waals surface area contributed by atoms with Crippen LogP contribution in [-0.4, -0.2) is 26.4 Å². The van der Waals surface area contributed by atoms with Gasteiger partial charge in [0.25, 0.3) is 0 Å². The lowest BCUT2D eigenvalue weighted by atomic mass is 9.83. The summed E-state index contributed by atoms with van der Waals surface area (Å²) in [5.74, 6) is 1.18. The first kappa shape index (κ1) is 18.2. The minimum Gasteiger partial charge on any atom is -0.493 e. The Balaban J connectivity index is 2.26. The van der Waals surface area contributed by atoms with Crippen LogP contribution in [0.1, 0.15) is 19.4 Å². The Bertz CT molecular complexity index is 728. The number of ether oxygens (including phenoxy) is 2. The Morgan fingerprint density at radius 1 is 1.04 bits per heavy atom. The number of benzene rings is 2. The van der Waals surface area contributed by atoms with Gasteiger partial charge in [0.15, 0.2) is 11.5 Å². The molecule has 128 valence electrons. The maximum Gasteiger partial charge on any atom is 0.234 e. The zero-order valence-electron chi connectivity index (χ0n) is 14.7. The van der Waals surface area contributed by atoms with Gasteiger partial charge in [-0.3, -0.25) is 4.79 Å². The minimum atomic E-state index is -0.713. The Kier molecular flexibility index (Phi) is 5.78. The van der Waals surface area contributed by atoms with Crippen LogP contribution in [0.15, 0.2) is 47.4 Å². The van der Waals surface area contributed by atoms with E-state index < -0.39 is 5.41 Å². The maximum atomic E-state index is 12.8. The lowest BCUT2D eigenvalue weighted by Gasteiger charge is -2.25. The van der Waals surface area contributed by atoms with E-state index in [2.05, 4.69) is 5.32 Å². The van der Waals surface area contributed by atoms with Crippen molar-refractivity contribution in [3.8, 4) is 11.5 Å². The highest BCUT2D eigenvalue weighted by Crippen LogP contribution is 2.34. The number of hydrogen-bond donors (Lipinski definition) is 1. The first-order valence-corrected chi connectivity index (χ1v) is 8.83. The quantitative estimate of drug-likeness (QED) is 0.791. The van der Waals surface area contributed by atoms with Gasteiger partial charge in [-0.15, -0.1) is 11.8 Å². The highest BCUT2D eigenvalue weighted by molar-refractivity contribution is 7.98. The van der Waals surface area contributed by atoms with Gasteiger partial charge >= 0.3 is 0 Å². The second-order valence-electron chi connectivity index (χ2n) is 5.88. The van der Waals surface area contributed by atoms with E-state index in [1.54, 1.807) is 26.0 Å². The molecule has 0 aliphatic rings. The third kappa shape index (κ3) is 3.85. The monoisotopic (exact) mass is 345 g/mol. The zero-order valence-corrected chi connectivity index (χ0v) is 15.5. The van der Waals surface area contributed by atoms with Gasteiger partial charge in [0.05, 0.1) is 19.6 Å². The molecule has 0 bridgehead atoms. The van der Waals surface area contributed by atoms with Crippen molar-refractivity contribution in [1.29, 1.82) is 0 Å². The molecule has 0 saturated heterocycles. The van der Waals surface area contributed by atoms with Gasteiger partial charge in [0.2, 0.25) is 5.91 Å². The Labute approximate surface area is 147 Å². The summed E-state index contributed by atoms with van der Waals surface area (Å²) in [7, 11) is 3.18. The topological polar surface area (TPSA) is 47.6 Å². The van der Waals surface area contributed by atoms with E-state index in [9.17, 15) is 4.79 Å². The molecule has 0 spiro atoms. The van der Waals surface area contributed by atoms with E-state index in [-0.39, 0.29) is 5.91 Å². The number of carbonyl (C=O) groups is 1. The summed E-state index contributed by atoms with van der Waals surface area (Å²) in [6.07, 6.45) is 2.01. The van der Waals surface area contributed by atoms with Gasteiger partial charge in [-0.25, -0.2) is 0 Å². The molecule has 0 unspecified atom stereocenters. The van der Waals surface area contributed by atoms with Crippen LogP contribution in [0.25, 0.3) is 0 Å². The molecule has 2 aromatic carbocycles. The maximum absolute atomic E-state index is 12.8. The highest BCUT2D eigenvalue weighted by atomic mass is 32.2. The van der Waals surface area contributed by atoms with Gasteiger partial charge in [-0.1, -0.05) is 12.1 Å². The van der Waals surface area contributed by atoms with Crippen molar-refractivity contribution in [1.82, 2.24) is 0 Å². The van der Waals surface area contributed by atoms with Crippen molar-refractivity contribution in [3.05, 3.63) is 48.0 Å². The standard InChI is InChI=1S/C19H23NO3S/c1-19(2,13-9-10-16(22-3)17(11-13)23-4)18(21)20-14-7-6-8-15(12-14)24-5/h6-12H,1-5H3,(H,20,21). The molecule has 0 heterocycles. The normalized spacial score (nSPS) is 11.0. The van der Waals surface area contributed by atoms with Crippen molar-refractivity contribution in [2.24, 2.45) is 0 Å². The number of rotatable bonds is 6. The van der Waals surface area contributed by atoms with Crippen molar-refractivity contribution >= 4 is 23.4 Å². The van der Waals surface area contributed by atoms with Gasteiger partial charge in [-0.2, -0.15) is 0 Å². The predicted octanol–water partition coefficient (Wildman–Crippen LogP) is 4.34. The second kappa shape index (κ2) is 7.62. The molecule has 0 aromatic heterocycles. The molecule has 0 radical (unpaired) electrons. The van der Waals surface area contributed by atoms with Gasteiger partial charge in [-0.05, 0) is 56.0 Å². The summed E-state index contributed by atoms with van der Waals surface area (Å²) in [6.45, 7) is 3.78. The molecule has 0 saturated carbocycles. The summed E-state index contributed by atoms with van der Waals surface area (Å²) in [5.41, 5.74) is 0.939. The first-order chi connectivity index (χ1) is 11.4. The number of nitrogens with one attached hydrogen (secondary N) is 1. The van der Waals surface area contributed by atoms with E-state index in [0.29, 0.717) is 11.5 Å². The average molecular weight is 345 g/mol. The van der Waals surface area contributed by atoms with Crippen LogP contribution in [-0.2, 0) is 10.2 Å². The average Bonchev–Trinajstić information content (AvgIpc) is 2.61. The fourth-order valence-corrected chi connectivity index (χ4v) is 2.80. The summed E-state index contributed by atoms with van der Waals surface area (Å²) in [5, 5.41) is 3.00. The van der Waals surface area contributed by atoms with Crippen molar-refractivity contribution in [2.45, 2.75) is 24.2 Å². The molecule has 0 aliphatic heterocycles. The molecule has 0 fully saturated rings. The number of hydrogen-bond acceptors (Lipinski definition) is 4. The number of thioether (sulfide) groups is 1. The van der Waals surface area contributed by atoms with Crippen molar-refractivity contribution in [2.75, 3.05) is 25.8 Å². The van der Waals surface area contributed by atoms with E-state index >= 15 is 0 Å². The number of methoxy groups -OCH3 is 2. The molecule has 1 amide bonds. The fraction of sp³-hybridized carbons (Fsp3) is 0.316. The van der Waals surface area contributed by atoms with Crippen LogP contribution in [0.2, 0.25) is 0 Å². The van der Waals surface area contributed by atoms with Crippen LogP contribution < -0.4 is 14.8 Å². The summed E-state index contributed by atoms with van der Waals surface area (Å²) < 4.78 is 10.6. The third-order valence-electron chi connectivity index (χ3n) is 4.00. The van der Waals surface area contributed by atoms with Crippen LogP contribution >= 0.6 is 11.8 Å². The Hall–Kier alpha value is -2.14.